The van der Waals surface area contributed by atoms with Crippen LogP contribution in [0.1, 0.15) is 43.2 Å². The molecule has 1 fully saturated rings. The van der Waals surface area contributed by atoms with Crippen LogP contribution in [-0.2, 0) is 32.6 Å². The zero-order valence-corrected chi connectivity index (χ0v) is 27.2. The SMILES string of the molecule is CS(=O)(=O)N(CC(=O)N(Cc1ccc(Cl)c(Cl)c1)C(Cc1ccccc1)C(=O)NC1CCCCC1)c1ccccc1Br. The summed E-state index contributed by atoms with van der Waals surface area (Å²) in [5, 5.41) is 3.87. The molecule has 0 spiro atoms. The van der Waals surface area contributed by atoms with Gasteiger partial charge >= 0.3 is 0 Å². The smallest absolute Gasteiger partial charge is 0.244 e. The van der Waals surface area contributed by atoms with Crippen molar-refractivity contribution in [3.63, 3.8) is 0 Å². The quantitative estimate of drug-likeness (QED) is 0.245. The van der Waals surface area contributed by atoms with Gasteiger partial charge in [0.05, 0.1) is 22.0 Å². The van der Waals surface area contributed by atoms with Crippen LogP contribution >= 0.6 is 39.1 Å². The number of hydrogen-bond donors (Lipinski definition) is 1. The van der Waals surface area contributed by atoms with E-state index in [4.69, 9.17) is 23.2 Å². The number of halogens is 3. The molecule has 2 amide bonds. The van der Waals surface area contributed by atoms with Crippen molar-refractivity contribution in [2.24, 2.45) is 0 Å². The Labute approximate surface area is 266 Å². The maximum Gasteiger partial charge on any atom is 0.244 e. The van der Waals surface area contributed by atoms with E-state index < -0.39 is 28.5 Å². The van der Waals surface area contributed by atoms with Crippen LogP contribution in [-0.4, -0.2) is 50.0 Å². The van der Waals surface area contributed by atoms with Crippen molar-refractivity contribution in [3.8, 4) is 0 Å². The highest BCUT2D eigenvalue weighted by molar-refractivity contribution is 9.10. The van der Waals surface area contributed by atoms with Crippen LogP contribution in [0, 0.1) is 0 Å². The topological polar surface area (TPSA) is 86.8 Å². The van der Waals surface area contributed by atoms with Crippen LogP contribution in [0.5, 0.6) is 0 Å². The van der Waals surface area contributed by atoms with Crippen LogP contribution < -0.4 is 9.62 Å². The molecule has 0 aromatic heterocycles. The lowest BCUT2D eigenvalue weighted by Gasteiger charge is -2.35. The molecule has 0 aliphatic heterocycles. The number of benzene rings is 3. The Morgan fingerprint density at radius 2 is 1.60 bits per heavy atom. The summed E-state index contributed by atoms with van der Waals surface area (Å²) in [7, 11) is -3.87. The fourth-order valence-electron chi connectivity index (χ4n) is 5.18. The monoisotopic (exact) mass is 693 g/mol. The molecular weight excluding hydrogens is 661 g/mol. The van der Waals surface area contributed by atoms with Crippen LogP contribution in [0.2, 0.25) is 10.0 Å². The van der Waals surface area contributed by atoms with Crippen molar-refractivity contribution in [3.05, 3.63) is 98.4 Å². The number of carbonyl (C=O) groups is 2. The highest BCUT2D eigenvalue weighted by Gasteiger charge is 2.34. The highest BCUT2D eigenvalue weighted by Crippen LogP contribution is 2.29. The van der Waals surface area contributed by atoms with E-state index in [1.54, 1.807) is 42.5 Å². The highest BCUT2D eigenvalue weighted by atomic mass is 79.9. The third-order valence-corrected chi connectivity index (χ3v) is 9.90. The van der Waals surface area contributed by atoms with Gasteiger partial charge in [-0.2, -0.15) is 0 Å². The van der Waals surface area contributed by atoms with Crippen molar-refractivity contribution < 1.29 is 18.0 Å². The number of nitrogens with zero attached hydrogens (tertiary/aromatic N) is 2. The molecule has 0 saturated heterocycles. The summed E-state index contributed by atoms with van der Waals surface area (Å²) >= 11 is 15.9. The molecule has 4 rings (SSSR count). The number of rotatable bonds is 11. The van der Waals surface area contributed by atoms with E-state index in [9.17, 15) is 18.0 Å². The van der Waals surface area contributed by atoms with Crippen molar-refractivity contribution in [1.82, 2.24) is 10.2 Å². The third kappa shape index (κ3) is 8.72. The molecule has 1 unspecified atom stereocenters. The van der Waals surface area contributed by atoms with Gasteiger partial charge < -0.3 is 10.2 Å². The zero-order chi connectivity index (χ0) is 30.3. The summed E-state index contributed by atoms with van der Waals surface area (Å²) in [6, 6.07) is 20.4. The van der Waals surface area contributed by atoms with Gasteiger partial charge in [-0.15, -0.1) is 0 Å². The lowest BCUT2D eigenvalue weighted by molar-refractivity contribution is -0.140. The number of amides is 2. The fourth-order valence-corrected chi connectivity index (χ4v) is 6.98. The van der Waals surface area contributed by atoms with Gasteiger partial charge in [0.25, 0.3) is 0 Å². The van der Waals surface area contributed by atoms with Gasteiger partial charge in [-0.25, -0.2) is 8.42 Å². The van der Waals surface area contributed by atoms with Crippen LogP contribution in [0.25, 0.3) is 0 Å². The number of sulfonamides is 1. The van der Waals surface area contributed by atoms with Gasteiger partial charge in [0.2, 0.25) is 21.8 Å². The minimum absolute atomic E-state index is 0.0267. The number of para-hydroxylation sites is 1. The number of anilines is 1. The molecule has 1 N–H and O–H groups in total. The molecule has 0 radical (unpaired) electrons. The Balaban J connectivity index is 1.74. The van der Waals surface area contributed by atoms with E-state index in [-0.39, 0.29) is 24.9 Å². The normalized spacial score (nSPS) is 14.7. The van der Waals surface area contributed by atoms with Gasteiger partial charge in [-0.1, -0.05) is 91.0 Å². The molecule has 1 aliphatic carbocycles. The summed E-state index contributed by atoms with van der Waals surface area (Å²) in [4.78, 5) is 29.7. The van der Waals surface area contributed by atoms with Gasteiger partial charge in [0.15, 0.2) is 0 Å². The van der Waals surface area contributed by atoms with E-state index in [1.165, 1.54) is 4.90 Å². The van der Waals surface area contributed by atoms with Gasteiger partial charge in [-0.3, -0.25) is 13.9 Å². The predicted molar refractivity (Wildman–Crippen MR) is 172 cm³/mol. The van der Waals surface area contributed by atoms with E-state index in [0.29, 0.717) is 25.8 Å². The van der Waals surface area contributed by atoms with Crippen molar-refractivity contribution in [1.29, 1.82) is 0 Å². The summed E-state index contributed by atoms with van der Waals surface area (Å²) in [6.07, 6.45) is 6.28. The summed E-state index contributed by atoms with van der Waals surface area (Å²) in [5.41, 5.74) is 1.86. The third-order valence-electron chi connectivity index (χ3n) is 7.36. The first-order valence-corrected chi connectivity index (χ1v) is 17.2. The van der Waals surface area contributed by atoms with Crippen molar-refractivity contribution in [2.75, 3.05) is 17.1 Å². The van der Waals surface area contributed by atoms with E-state index in [1.807, 2.05) is 30.3 Å². The predicted octanol–water partition coefficient (Wildman–Crippen LogP) is 6.61. The van der Waals surface area contributed by atoms with Crippen molar-refractivity contribution in [2.45, 2.75) is 57.2 Å². The zero-order valence-electron chi connectivity index (χ0n) is 23.3. The first-order chi connectivity index (χ1) is 20.0. The minimum atomic E-state index is -3.87. The van der Waals surface area contributed by atoms with E-state index in [2.05, 4.69) is 21.2 Å². The van der Waals surface area contributed by atoms with Crippen LogP contribution in [0.15, 0.2) is 77.3 Å². The Kier molecular flexibility index (Phi) is 11.3. The molecule has 7 nitrogen and oxygen atoms in total. The first-order valence-electron chi connectivity index (χ1n) is 13.8. The van der Waals surface area contributed by atoms with Gasteiger partial charge in [0.1, 0.15) is 12.6 Å². The van der Waals surface area contributed by atoms with Crippen LogP contribution in [0.4, 0.5) is 5.69 Å². The van der Waals surface area contributed by atoms with E-state index in [0.717, 1.165) is 48.2 Å². The maximum atomic E-state index is 14.2. The molecule has 11 heteroatoms. The summed E-state index contributed by atoms with van der Waals surface area (Å²) in [5.74, 6) is -0.798. The summed E-state index contributed by atoms with van der Waals surface area (Å²) in [6.45, 7) is -0.469. The molecule has 42 heavy (non-hydrogen) atoms. The average molecular weight is 696 g/mol. The number of nitrogens with one attached hydrogen (secondary N) is 1. The summed E-state index contributed by atoms with van der Waals surface area (Å²) < 4.78 is 27.5. The Bertz CT molecular complexity index is 1500. The molecule has 224 valence electrons. The Morgan fingerprint density at radius 3 is 2.24 bits per heavy atom. The number of hydrogen-bond acceptors (Lipinski definition) is 4. The minimum Gasteiger partial charge on any atom is -0.352 e. The van der Waals surface area contributed by atoms with E-state index >= 15 is 0 Å². The maximum absolute atomic E-state index is 14.2. The fraction of sp³-hybridized carbons (Fsp3) is 0.355. The second-order valence-electron chi connectivity index (χ2n) is 10.5. The Morgan fingerprint density at radius 1 is 0.929 bits per heavy atom. The molecule has 1 atom stereocenters. The standard InChI is InChI=1S/C31H34BrCl2N3O4S/c1-42(40,41)37(28-15-9-8-14-25(28)32)21-30(38)36(20-23-16-17-26(33)27(34)18-23)29(19-22-10-4-2-5-11-22)31(39)35-24-12-6-3-7-13-24/h2,4-5,8-11,14-18,24,29H,3,6-7,12-13,19-21H2,1H3,(H,35,39). The molecular formula is C31H34BrCl2N3O4S. The Hall–Kier alpha value is -2.59. The lowest BCUT2D eigenvalue weighted by Crippen LogP contribution is -2.55. The molecule has 3 aromatic carbocycles. The molecule has 3 aromatic rings. The second kappa shape index (κ2) is 14.7. The average Bonchev–Trinajstić information content (AvgIpc) is 2.96. The van der Waals surface area contributed by atoms with Crippen molar-refractivity contribution >= 4 is 66.7 Å². The second-order valence-corrected chi connectivity index (χ2v) is 14.1. The molecule has 1 saturated carbocycles. The first kappa shape index (κ1) is 32.3. The molecule has 0 bridgehead atoms. The molecule has 1 aliphatic rings. The lowest BCUT2D eigenvalue weighted by atomic mass is 9.94. The van der Waals surface area contributed by atoms with Gasteiger partial charge in [0, 0.05) is 23.5 Å². The largest absolute Gasteiger partial charge is 0.352 e. The van der Waals surface area contributed by atoms with Crippen LogP contribution in [0.3, 0.4) is 0 Å². The molecule has 0 heterocycles. The number of carbonyl (C=O) groups excluding carboxylic acids is 2. The van der Waals surface area contributed by atoms with Gasteiger partial charge in [-0.05, 0) is 64.2 Å².